The third-order valence-corrected chi connectivity index (χ3v) is 4.11. The first-order valence-electron chi connectivity index (χ1n) is 7.98. The van der Waals surface area contributed by atoms with Crippen LogP contribution in [0.25, 0.3) is 0 Å². The van der Waals surface area contributed by atoms with Crippen molar-refractivity contribution in [1.29, 1.82) is 0 Å². The average molecular weight is 384 g/mol. The minimum Gasteiger partial charge on any atom is -0.493 e. The zero-order chi connectivity index (χ0) is 19.8. The molecule has 0 spiro atoms. The first-order valence-corrected chi connectivity index (χ1v) is 7.98. The number of nitrogens with two attached hydrogens (primary N) is 1. The van der Waals surface area contributed by atoms with E-state index in [4.69, 9.17) is 15.2 Å². The van der Waals surface area contributed by atoms with Crippen molar-refractivity contribution in [2.75, 3.05) is 25.2 Å². The van der Waals surface area contributed by atoms with Crippen molar-refractivity contribution in [1.82, 2.24) is 0 Å². The zero-order valence-electron chi connectivity index (χ0n) is 14.3. The van der Waals surface area contributed by atoms with Crippen LogP contribution in [0.4, 0.5) is 23.2 Å². The third kappa shape index (κ3) is 3.55. The molecule has 0 aliphatic carbocycles. The average Bonchev–Trinajstić information content (AvgIpc) is 2.94. The molecule has 1 aliphatic heterocycles. The van der Waals surface area contributed by atoms with Gasteiger partial charge in [-0.25, -0.2) is 4.39 Å². The van der Waals surface area contributed by atoms with Gasteiger partial charge in [0.05, 0.1) is 24.8 Å². The highest BCUT2D eigenvalue weighted by Crippen LogP contribution is 2.40. The number of rotatable bonds is 5. The van der Waals surface area contributed by atoms with Gasteiger partial charge in [0, 0.05) is 18.3 Å². The van der Waals surface area contributed by atoms with Crippen LogP contribution in [0, 0.1) is 5.82 Å². The van der Waals surface area contributed by atoms with E-state index in [0.717, 1.165) is 11.0 Å². The Kier molecular flexibility index (Phi) is 4.97. The number of carbonyl (C=O) groups is 1. The maximum Gasteiger partial charge on any atom is 0.417 e. The van der Waals surface area contributed by atoms with Crippen molar-refractivity contribution in [3.8, 4) is 11.5 Å². The number of ether oxygens (including phenoxy) is 2. The van der Waals surface area contributed by atoms with Crippen LogP contribution in [0.1, 0.15) is 21.5 Å². The number of amides is 1. The molecule has 3 rings (SSSR count). The topological polar surface area (TPSA) is 64.8 Å². The van der Waals surface area contributed by atoms with E-state index in [0.29, 0.717) is 23.3 Å². The lowest BCUT2D eigenvalue weighted by molar-refractivity contribution is -0.138. The molecule has 1 aliphatic rings. The lowest BCUT2D eigenvalue weighted by Gasteiger charge is -2.19. The molecule has 2 N–H and O–H groups in total. The molecule has 0 atom stereocenters. The second-order valence-electron chi connectivity index (χ2n) is 5.85. The smallest absolute Gasteiger partial charge is 0.417 e. The number of hydrogen-bond donors (Lipinski definition) is 1. The van der Waals surface area contributed by atoms with Crippen LogP contribution >= 0.6 is 0 Å². The van der Waals surface area contributed by atoms with E-state index in [2.05, 4.69) is 0 Å². The largest absolute Gasteiger partial charge is 0.493 e. The van der Waals surface area contributed by atoms with E-state index in [-0.39, 0.29) is 25.3 Å². The molecule has 0 saturated carbocycles. The summed E-state index contributed by atoms with van der Waals surface area (Å²) < 4.78 is 64.0. The Bertz CT molecular complexity index is 884. The number of fused-ring (bicyclic) bond motifs is 1. The van der Waals surface area contributed by atoms with E-state index in [1.165, 1.54) is 25.3 Å². The van der Waals surface area contributed by atoms with Gasteiger partial charge in [-0.05, 0) is 29.8 Å². The standard InChI is InChI=1S/C18H16F4N2O3/c1-26-14-3-2-12(8-15(14)27-5-4-23)24-9-10-6-11(19)7-13(18(20,21)22)16(10)17(24)25/h2-3,6-8H,4-5,9,23H2,1H3. The molecule has 2 aromatic rings. The first-order chi connectivity index (χ1) is 12.8. The summed E-state index contributed by atoms with van der Waals surface area (Å²) in [5, 5.41) is 0. The zero-order valence-corrected chi connectivity index (χ0v) is 14.3. The second kappa shape index (κ2) is 7.07. The molecule has 144 valence electrons. The van der Waals surface area contributed by atoms with Gasteiger partial charge in [-0.15, -0.1) is 0 Å². The number of carbonyl (C=O) groups excluding carboxylic acids is 1. The number of nitrogens with zero attached hydrogens (tertiary/aromatic N) is 1. The summed E-state index contributed by atoms with van der Waals surface area (Å²) in [5.41, 5.74) is 3.87. The van der Waals surface area contributed by atoms with Gasteiger partial charge in [-0.2, -0.15) is 13.2 Å². The normalized spacial score (nSPS) is 13.7. The summed E-state index contributed by atoms with van der Waals surface area (Å²) >= 11 is 0. The molecular formula is C18H16F4N2O3. The molecular weight excluding hydrogens is 368 g/mol. The Labute approximate surface area is 152 Å². The highest BCUT2D eigenvalue weighted by atomic mass is 19.4. The van der Waals surface area contributed by atoms with Crippen molar-refractivity contribution >= 4 is 11.6 Å². The monoisotopic (exact) mass is 384 g/mol. The third-order valence-electron chi connectivity index (χ3n) is 4.11. The van der Waals surface area contributed by atoms with Gasteiger partial charge < -0.3 is 20.1 Å². The number of anilines is 1. The Morgan fingerprint density at radius 1 is 1.19 bits per heavy atom. The van der Waals surface area contributed by atoms with Crippen LogP contribution < -0.4 is 20.1 Å². The summed E-state index contributed by atoms with van der Waals surface area (Å²) in [6.45, 7) is 0.255. The van der Waals surface area contributed by atoms with E-state index < -0.39 is 29.0 Å². The number of alkyl halides is 3. The summed E-state index contributed by atoms with van der Waals surface area (Å²) in [7, 11) is 1.43. The molecule has 9 heteroatoms. The molecule has 1 heterocycles. The van der Waals surface area contributed by atoms with Crippen molar-refractivity contribution < 1.29 is 31.8 Å². The van der Waals surface area contributed by atoms with Gasteiger partial charge >= 0.3 is 6.18 Å². The molecule has 0 unspecified atom stereocenters. The SMILES string of the molecule is COc1ccc(N2Cc3cc(F)cc(C(F)(F)F)c3C2=O)cc1OCCN. The van der Waals surface area contributed by atoms with Crippen LogP contribution in [0.2, 0.25) is 0 Å². The molecule has 0 saturated heterocycles. The second-order valence-corrected chi connectivity index (χ2v) is 5.85. The maximum atomic E-state index is 13.6. The van der Waals surface area contributed by atoms with Gasteiger partial charge in [0.2, 0.25) is 0 Å². The van der Waals surface area contributed by atoms with Crippen molar-refractivity contribution in [3.05, 3.63) is 52.8 Å². The Morgan fingerprint density at radius 3 is 2.56 bits per heavy atom. The van der Waals surface area contributed by atoms with E-state index in [1.54, 1.807) is 0 Å². The molecule has 0 fully saturated rings. The molecule has 1 amide bonds. The van der Waals surface area contributed by atoms with Crippen molar-refractivity contribution in [2.45, 2.75) is 12.7 Å². The highest BCUT2D eigenvalue weighted by Gasteiger charge is 2.41. The lowest BCUT2D eigenvalue weighted by Crippen LogP contribution is -2.24. The predicted octanol–water partition coefficient (Wildman–Crippen LogP) is 3.35. The quantitative estimate of drug-likeness (QED) is 0.803. The fourth-order valence-corrected chi connectivity index (χ4v) is 2.96. The molecule has 2 aromatic carbocycles. The fraction of sp³-hybridized carbons (Fsp3) is 0.278. The summed E-state index contributed by atoms with van der Waals surface area (Å²) in [5.74, 6) is -1.21. The fourth-order valence-electron chi connectivity index (χ4n) is 2.96. The van der Waals surface area contributed by atoms with Crippen LogP contribution in [0.15, 0.2) is 30.3 Å². The van der Waals surface area contributed by atoms with Crippen LogP contribution in [-0.4, -0.2) is 26.2 Å². The van der Waals surface area contributed by atoms with Crippen molar-refractivity contribution in [3.63, 3.8) is 0 Å². The van der Waals surface area contributed by atoms with Gasteiger partial charge in [0.15, 0.2) is 11.5 Å². The minimum atomic E-state index is -4.84. The Morgan fingerprint density at radius 2 is 1.93 bits per heavy atom. The molecule has 0 bridgehead atoms. The number of hydrogen-bond acceptors (Lipinski definition) is 4. The van der Waals surface area contributed by atoms with Gasteiger partial charge in [0.25, 0.3) is 5.91 Å². The predicted molar refractivity (Wildman–Crippen MR) is 89.5 cm³/mol. The summed E-state index contributed by atoms with van der Waals surface area (Å²) in [6, 6.07) is 5.80. The number of halogens is 4. The van der Waals surface area contributed by atoms with Crippen LogP contribution in [0.5, 0.6) is 11.5 Å². The van der Waals surface area contributed by atoms with Gasteiger partial charge in [-0.1, -0.05) is 0 Å². The molecule has 27 heavy (non-hydrogen) atoms. The maximum absolute atomic E-state index is 13.6. The first kappa shape index (κ1) is 19.0. The van der Waals surface area contributed by atoms with E-state index in [9.17, 15) is 22.4 Å². The lowest BCUT2D eigenvalue weighted by atomic mass is 10.0. The van der Waals surface area contributed by atoms with E-state index in [1.807, 2.05) is 0 Å². The van der Waals surface area contributed by atoms with Gasteiger partial charge in [0.1, 0.15) is 12.4 Å². The number of benzene rings is 2. The summed E-state index contributed by atoms with van der Waals surface area (Å²) in [4.78, 5) is 13.8. The molecule has 0 aromatic heterocycles. The molecule has 0 radical (unpaired) electrons. The minimum absolute atomic E-state index is 0.0208. The van der Waals surface area contributed by atoms with E-state index >= 15 is 0 Å². The Hall–Kier alpha value is -2.81. The van der Waals surface area contributed by atoms with Crippen molar-refractivity contribution in [2.24, 2.45) is 5.73 Å². The summed E-state index contributed by atoms with van der Waals surface area (Å²) in [6.07, 6.45) is -4.84. The number of methoxy groups -OCH3 is 1. The highest BCUT2D eigenvalue weighted by molar-refractivity contribution is 6.11. The molecule has 5 nitrogen and oxygen atoms in total. The van der Waals surface area contributed by atoms with Gasteiger partial charge in [-0.3, -0.25) is 4.79 Å². The Balaban J connectivity index is 2.02. The van der Waals surface area contributed by atoms with Crippen LogP contribution in [0.3, 0.4) is 0 Å². The van der Waals surface area contributed by atoms with Crippen LogP contribution in [-0.2, 0) is 12.7 Å².